The Kier molecular flexibility index (Phi) is 3.22. The molecule has 1 unspecified atom stereocenters. The van der Waals surface area contributed by atoms with Gasteiger partial charge in [0.2, 0.25) is 5.91 Å². The molecular weight excluding hydrogens is 222 g/mol. The van der Waals surface area contributed by atoms with Gasteiger partial charge in [-0.1, -0.05) is 0 Å². The summed E-state index contributed by atoms with van der Waals surface area (Å²) in [5.41, 5.74) is 0.907. The third-order valence-electron chi connectivity index (χ3n) is 2.71. The summed E-state index contributed by atoms with van der Waals surface area (Å²) in [6, 6.07) is 6.46. The molecule has 0 radical (unpaired) electrons. The highest BCUT2D eigenvalue weighted by atomic mass is 16.6. The van der Waals surface area contributed by atoms with Crippen LogP contribution in [0.25, 0.3) is 0 Å². The number of nitrogens with one attached hydrogen (secondary N) is 2. The van der Waals surface area contributed by atoms with Crippen molar-refractivity contribution in [3.8, 4) is 0 Å². The maximum atomic E-state index is 11.0. The third-order valence-corrected chi connectivity index (χ3v) is 2.71. The Balaban J connectivity index is 1.95. The summed E-state index contributed by atoms with van der Waals surface area (Å²) in [6.45, 7) is 0.593. The molecule has 1 amide bonds. The van der Waals surface area contributed by atoms with Gasteiger partial charge in [0.1, 0.15) is 0 Å². The number of nitro benzene ring substituents is 1. The number of piperidine rings is 1. The lowest BCUT2D eigenvalue weighted by Gasteiger charge is -2.24. The second-order valence-corrected chi connectivity index (χ2v) is 3.99. The highest BCUT2D eigenvalue weighted by molar-refractivity contribution is 5.77. The van der Waals surface area contributed by atoms with Gasteiger partial charge in [0.05, 0.1) is 4.92 Å². The van der Waals surface area contributed by atoms with Crippen LogP contribution in [-0.2, 0) is 4.79 Å². The van der Waals surface area contributed by atoms with Crippen LogP contribution < -0.4 is 10.6 Å². The maximum Gasteiger partial charge on any atom is 0.269 e. The SMILES string of the molecule is O=C1CCC(Nc2ccc([N+](=O)[O-])cc2)CN1. The van der Waals surface area contributed by atoms with Gasteiger partial charge in [0, 0.05) is 36.8 Å². The molecule has 1 heterocycles. The van der Waals surface area contributed by atoms with Crippen molar-refractivity contribution in [2.75, 3.05) is 11.9 Å². The molecule has 1 aliphatic heterocycles. The number of carbonyl (C=O) groups is 1. The Morgan fingerprint density at radius 3 is 2.59 bits per heavy atom. The van der Waals surface area contributed by atoms with E-state index in [0.29, 0.717) is 13.0 Å². The summed E-state index contributed by atoms with van der Waals surface area (Å²) in [5.74, 6) is 0.0757. The molecule has 1 atom stereocenters. The van der Waals surface area contributed by atoms with Crippen molar-refractivity contribution in [3.63, 3.8) is 0 Å². The average Bonchev–Trinajstić information content (AvgIpc) is 2.33. The highest BCUT2D eigenvalue weighted by Crippen LogP contribution is 2.17. The summed E-state index contributed by atoms with van der Waals surface area (Å²) in [7, 11) is 0. The fraction of sp³-hybridized carbons (Fsp3) is 0.364. The molecular formula is C11H13N3O3. The summed E-state index contributed by atoms with van der Waals surface area (Å²) in [4.78, 5) is 21.0. The third kappa shape index (κ3) is 2.93. The Morgan fingerprint density at radius 1 is 1.35 bits per heavy atom. The van der Waals surface area contributed by atoms with Gasteiger partial charge >= 0.3 is 0 Å². The van der Waals surface area contributed by atoms with Gasteiger partial charge in [-0.15, -0.1) is 0 Å². The van der Waals surface area contributed by atoms with E-state index in [0.717, 1.165) is 12.1 Å². The zero-order valence-electron chi connectivity index (χ0n) is 9.18. The van der Waals surface area contributed by atoms with Crippen molar-refractivity contribution in [2.45, 2.75) is 18.9 Å². The molecule has 0 aliphatic carbocycles. The number of anilines is 1. The van der Waals surface area contributed by atoms with Crippen LogP contribution in [0.2, 0.25) is 0 Å². The predicted molar refractivity (Wildman–Crippen MR) is 62.8 cm³/mol. The number of carbonyl (C=O) groups excluding carboxylic acids is 1. The molecule has 1 aliphatic rings. The van der Waals surface area contributed by atoms with Crippen molar-refractivity contribution in [3.05, 3.63) is 34.4 Å². The molecule has 17 heavy (non-hydrogen) atoms. The second kappa shape index (κ2) is 4.82. The van der Waals surface area contributed by atoms with Crippen LogP contribution in [0.4, 0.5) is 11.4 Å². The van der Waals surface area contributed by atoms with Crippen molar-refractivity contribution in [2.24, 2.45) is 0 Å². The van der Waals surface area contributed by atoms with Crippen LogP contribution in [0.3, 0.4) is 0 Å². The fourth-order valence-corrected chi connectivity index (χ4v) is 1.77. The van der Waals surface area contributed by atoms with E-state index < -0.39 is 4.92 Å². The Bertz CT molecular complexity index is 420. The summed E-state index contributed by atoms with van der Waals surface area (Å²) in [6.07, 6.45) is 1.30. The fourth-order valence-electron chi connectivity index (χ4n) is 1.77. The first-order chi connectivity index (χ1) is 8.15. The topological polar surface area (TPSA) is 84.3 Å². The molecule has 0 spiro atoms. The van der Waals surface area contributed by atoms with Crippen LogP contribution in [0, 0.1) is 10.1 Å². The zero-order valence-corrected chi connectivity index (χ0v) is 9.18. The van der Waals surface area contributed by atoms with E-state index in [1.165, 1.54) is 12.1 Å². The maximum absolute atomic E-state index is 11.0. The number of rotatable bonds is 3. The second-order valence-electron chi connectivity index (χ2n) is 3.99. The molecule has 2 N–H and O–H groups in total. The summed E-state index contributed by atoms with van der Waals surface area (Å²) in [5, 5.41) is 16.5. The Morgan fingerprint density at radius 2 is 2.06 bits per heavy atom. The Hall–Kier alpha value is -2.11. The first-order valence-corrected chi connectivity index (χ1v) is 5.43. The number of nitro groups is 1. The van der Waals surface area contributed by atoms with E-state index in [2.05, 4.69) is 10.6 Å². The molecule has 6 heteroatoms. The molecule has 1 fully saturated rings. The van der Waals surface area contributed by atoms with Crippen LogP contribution >= 0.6 is 0 Å². The predicted octanol–water partition coefficient (Wildman–Crippen LogP) is 1.29. The molecule has 2 rings (SSSR count). The standard InChI is InChI=1S/C11H13N3O3/c15-11-6-3-9(7-12-11)13-8-1-4-10(5-2-8)14(16)17/h1-2,4-5,9,13H,3,6-7H2,(H,12,15). The molecule has 6 nitrogen and oxygen atoms in total. The van der Waals surface area contributed by atoms with E-state index in [4.69, 9.17) is 0 Å². The van der Waals surface area contributed by atoms with Crippen molar-refractivity contribution < 1.29 is 9.72 Å². The molecule has 1 saturated heterocycles. The van der Waals surface area contributed by atoms with Crippen LogP contribution in [0.5, 0.6) is 0 Å². The zero-order chi connectivity index (χ0) is 12.3. The molecule has 0 saturated carbocycles. The van der Waals surface area contributed by atoms with Crippen LogP contribution in [0.1, 0.15) is 12.8 Å². The van der Waals surface area contributed by atoms with Crippen molar-refractivity contribution in [1.29, 1.82) is 0 Å². The van der Waals surface area contributed by atoms with Gasteiger partial charge in [0.15, 0.2) is 0 Å². The lowest BCUT2D eigenvalue weighted by Crippen LogP contribution is -2.41. The van der Waals surface area contributed by atoms with Gasteiger partial charge in [-0.3, -0.25) is 14.9 Å². The van der Waals surface area contributed by atoms with Gasteiger partial charge in [-0.2, -0.15) is 0 Å². The van der Waals surface area contributed by atoms with E-state index in [1.54, 1.807) is 12.1 Å². The molecule has 1 aromatic rings. The highest BCUT2D eigenvalue weighted by Gasteiger charge is 2.17. The lowest BCUT2D eigenvalue weighted by atomic mass is 10.1. The van der Waals surface area contributed by atoms with Crippen LogP contribution in [-0.4, -0.2) is 23.4 Å². The van der Waals surface area contributed by atoms with Crippen molar-refractivity contribution in [1.82, 2.24) is 5.32 Å². The normalized spacial score (nSPS) is 19.5. The molecule has 90 valence electrons. The monoisotopic (exact) mass is 235 g/mol. The average molecular weight is 235 g/mol. The van der Waals surface area contributed by atoms with E-state index >= 15 is 0 Å². The first-order valence-electron chi connectivity index (χ1n) is 5.43. The number of hydrogen-bond donors (Lipinski definition) is 2. The lowest BCUT2D eigenvalue weighted by molar-refractivity contribution is -0.384. The minimum atomic E-state index is -0.426. The summed E-state index contributed by atoms with van der Waals surface area (Å²) >= 11 is 0. The number of hydrogen-bond acceptors (Lipinski definition) is 4. The van der Waals surface area contributed by atoms with Gasteiger partial charge in [0.25, 0.3) is 5.69 Å². The van der Waals surface area contributed by atoms with E-state index in [9.17, 15) is 14.9 Å². The minimum Gasteiger partial charge on any atom is -0.381 e. The minimum absolute atomic E-state index is 0.0757. The number of nitrogens with zero attached hydrogens (tertiary/aromatic N) is 1. The van der Waals surface area contributed by atoms with Gasteiger partial charge in [-0.25, -0.2) is 0 Å². The van der Waals surface area contributed by atoms with Crippen molar-refractivity contribution >= 4 is 17.3 Å². The summed E-state index contributed by atoms with van der Waals surface area (Å²) < 4.78 is 0. The molecule has 0 bridgehead atoms. The number of benzene rings is 1. The van der Waals surface area contributed by atoms with Crippen LogP contribution in [0.15, 0.2) is 24.3 Å². The largest absolute Gasteiger partial charge is 0.381 e. The smallest absolute Gasteiger partial charge is 0.269 e. The van der Waals surface area contributed by atoms with Gasteiger partial charge in [-0.05, 0) is 18.6 Å². The number of non-ortho nitro benzene ring substituents is 1. The quantitative estimate of drug-likeness (QED) is 0.610. The first kappa shape index (κ1) is 11.4. The van der Waals surface area contributed by atoms with E-state index in [-0.39, 0.29) is 17.6 Å². The molecule has 1 aromatic carbocycles. The number of amides is 1. The van der Waals surface area contributed by atoms with E-state index in [1.807, 2.05) is 0 Å². The Labute approximate surface area is 98.2 Å². The van der Waals surface area contributed by atoms with Gasteiger partial charge < -0.3 is 10.6 Å². The molecule has 0 aromatic heterocycles.